The summed E-state index contributed by atoms with van der Waals surface area (Å²) in [7, 11) is 1.60. The van der Waals surface area contributed by atoms with Gasteiger partial charge in [-0.05, 0) is 61.2 Å². The topological polar surface area (TPSA) is 102 Å². The average Bonchev–Trinajstić information content (AvgIpc) is 3.35. The van der Waals surface area contributed by atoms with Crippen molar-refractivity contribution in [3.8, 4) is 5.75 Å². The molecule has 2 aromatic heterocycles. The fourth-order valence-corrected chi connectivity index (χ4v) is 5.39. The van der Waals surface area contributed by atoms with Crippen molar-refractivity contribution in [1.82, 2.24) is 9.97 Å². The molecule has 5 rings (SSSR count). The maximum atomic E-state index is 13.8. The van der Waals surface area contributed by atoms with Crippen LogP contribution in [0.4, 0.5) is 16.5 Å². The van der Waals surface area contributed by atoms with Crippen LogP contribution in [0.15, 0.2) is 60.9 Å². The lowest BCUT2D eigenvalue weighted by atomic mass is 10.1. The van der Waals surface area contributed by atoms with E-state index in [-0.39, 0.29) is 23.7 Å². The number of ether oxygens (including phenoxy) is 1. The third-order valence-electron chi connectivity index (χ3n) is 6.24. The van der Waals surface area contributed by atoms with Gasteiger partial charge in [-0.25, -0.2) is 4.98 Å². The van der Waals surface area contributed by atoms with Crippen molar-refractivity contribution < 1.29 is 14.5 Å². The highest BCUT2D eigenvalue weighted by Gasteiger charge is 2.27. The predicted molar refractivity (Wildman–Crippen MR) is 140 cm³/mol. The first-order valence-corrected chi connectivity index (χ1v) is 12.5. The number of benzene rings is 2. The molecule has 0 unspecified atom stereocenters. The first kappa shape index (κ1) is 23.7. The highest BCUT2D eigenvalue weighted by Crippen LogP contribution is 2.35. The van der Waals surface area contributed by atoms with Crippen molar-refractivity contribution >= 4 is 44.0 Å². The van der Waals surface area contributed by atoms with Crippen LogP contribution in [-0.4, -0.2) is 41.0 Å². The van der Waals surface area contributed by atoms with Crippen LogP contribution in [0.2, 0.25) is 0 Å². The Morgan fingerprint density at radius 2 is 2.00 bits per heavy atom. The van der Waals surface area contributed by atoms with E-state index in [0.717, 1.165) is 48.1 Å². The number of anilines is 2. The number of methoxy groups -OCH3 is 1. The van der Waals surface area contributed by atoms with Gasteiger partial charge >= 0.3 is 0 Å². The Labute approximate surface area is 212 Å². The highest BCUT2D eigenvalue weighted by molar-refractivity contribution is 7.22. The van der Waals surface area contributed by atoms with Gasteiger partial charge in [0.25, 0.3) is 11.6 Å². The van der Waals surface area contributed by atoms with Gasteiger partial charge in [-0.15, -0.1) is 0 Å². The van der Waals surface area contributed by atoms with Gasteiger partial charge < -0.3 is 9.64 Å². The number of rotatable bonds is 7. The number of nitro benzene ring substituents is 1. The average molecular weight is 504 g/mol. The van der Waals surface area contributed by atoms with Crippen LogP contribution in [0.3, 0.4) is 0 Å². The number of carbonyl (C=O) groups is 1. The summed E-state index contributed by atoms with van der Waals surface area (Å²) in [5.41, 5.74) is 2.30. The molecule has 0 spiro atoms. The van der Waals surface area contributed by atoms with Gasteiger partial charge in [0.2, 0.25) is 0 Å². The van der Waals surface area contributed by atoms with Crippen molar-refractivity contribution in [1.29, 1.82) is 0 Å². The molecule has 0 radical (unpaired) electrons. The largest absolute Gasteiger partial charge is 0.497 e. The summed E-state index contributed by atoms with van der Waals surface area (Å²) >= 11 is 1.37. The third-order valence-corrected chi connectivity index (χ3v) is 7.28. The van der Waals surface area contributed by atoms with Crippen LogP contribution >= 0.6 is 11.3 Å². The monoisotopic (exact) mass is 503 g/mol. The first-order chi connectivity index (χ1) is 17.5. The fourth-order valence-electron chi connectivity index (χ4n) is 4.40. The summed E-state index contributed by atoms with van der Waals surface area (Å²) in [6.45, 7) is 1.78. The Balaban J connectivity index is 1.54. The number of nitro groups is 1. The van der Waals surface area contributed by atoms with E-state index in [1.54, 1.807) is 42.6 Å². The standard InChI is InChI=1S/C26H25N5O4S/c1-35-20-8-9-21-24(15-20)36-26(28-21)30(17-18-6-5-11-27-16-18)25(32)19-7-10-22(23(14-19)31(33)34)29-12-3-2-4-13-29/h5-11,14-16H,2-4,12-13,17H2,1H3. The third kappa shape index (κ3) is 4.85. The van der Waals surface area contributed by atoms with E-state index in [0.29, 0.717) is 16.6 Å². The Hall–Kier alpha value is -4.05. The first-order valence-electron chi connectivity index (χ1n) is 11.7. The molecule has 1 fully saturated rings. The minimum atomic E-state index is -0.407. The Morgan fingerprint density at radius 3 is 2.72 bits per heavy atom. The van der Waals surface area contributed by atoms with Gasteiger partial charge in [0.1, 0.15) is 11.4 Å². The second-order valence-electron chi connectivity index (χ2n) is 8.59. The molecule has 0 atom stereocenters. The maximum absolute atomic E-state index is 13.8. The van der Waals surface area contributed by atoms with Gasteiger partial charge in [0.05, 0.1) is 28.8 Å². The molecule has 0 bridgehead atoms. The van der Waals surface area contributed by atoms with Crippen LogP contribution in [0.5, 0.6) is 5.75 Å². The summed E-state index contributed by atoms with van der Waals surface area (Å²) < 4.78 is 6.20. The van der Waals surface area contributed by atoms with E-state index in [2.05, 4.69) is 9.97 Å². The Morgan fingerprint density at radius 1 is 1.17 bits per heavy atom. The molecule has 4 aromatic rings. The number of piperidine rings is 1. The van der Waals surface area contributed by atoms with Gasteiger partial charge in [-0.2, -0.15) is 0 Å². The summed E-state index contributed by atoms with van der Waals surface area (Å²) in [6.07, 6.45) is 6.48. The van der Waals surface area contributed by atoms with Crippen molar-refractivity contribution in [2.45, 2.75) is 25.8 Å². The van der Waals surface area contributed by atoms with E-state index >= 15 is 0 Å². The van der Waals surface area contributed by atoms with E-state index in [1.165, 1.54) is 17.4 Å². The highest BCUT2D eigenvalue weighted by atomic mass is 32.1. The molecular weight excluding hydrogens is 478 g/mol. The number of hydrogen-bond donors (Lipinski definition) is 0. The summed E-state index contributed by atoms with van der Waals surface area (Å²) in [4.78, 5) is 37.8. The molecule has 10 heteroatoms. The van der Waals surface area contributed by atoms with Crippen LogP contribution in [-0.2, 0) is 6.54 Å². The molecule has 3 heterocycles. The Kier molecular flexibility index (Phi) is 6.77. The van der Waals surface area contributed by atoms with E-state index in [9.17, 15) is 14.9 Å². The van der Waals surface area contributed by atoms with Crippen molar-refractivity contribution in [2.24, 2.45) is 0 Å². The summed E-state index contributed by atoms with van der Waals surface area (Å²) in [6, 6.07) is 14.0. The van der Waals surface area contributed by atoms with Crippen LogP contribution < -0.4 is 14.5 Å². The van der Waals surface area contributed by atoms with Crippen LogP contribution in [0, 0.1) is 10.1 Å². The molecule has 1 amide bonds. The van der Waals surface area contributed by atoms with Crippen molar-refractivity contribution in [2.75, 3.05) is 30.0 Å². The molecule has 0 aliphatic carbocycles. The zero-order valence-electron chi connectivity index (χ0n) is 19.8. The molecule has 2 aromatic carbocycles. The minimum absolute atomic E-state index is 0.0573. The lowest BCUT2D eigenvalue weighted by Crippen LogP contribution is -2.31. The lowest BCUT2D eigenvalue weighted by Gasteiger charge is -2.28. The van der Waals surface area contributed by atoms with E-state index < -0.39 is 4.92 Å². The zero-order chi connectivity index (χ0) is 25.1. The fraction of sp³-hybridized carbons (Fsp3) is 0.269. The number of carbonyl (C=O) groups excluding carboxylic acids is 1. The summed E-state index contributed by atoms with van der Waals surface area (Å²) in [5.74, 6) is 0.338. The van der Waals surface area contributed by atoms with Crippen LogP contribution in [0.25, 0.3) is 10.2 Å². The van der Waals surface area contributed by atoms with Crippen molar-refractivity contribution in [3.05, 3.63) is 82.2 Å². The lowest BCUT2D eigenvalue weighted by molar-refractivity contribution is -0.384. The second kappa shape index (κ2) is 10.3. The van der Waals surface area contributed by atoms with Crippen LogP contribution in [0.1, 0.15) is 35.2 Å². The van der Waals surface area contributed by atoms with Gasteiger partial charge in [0.15, 0.2) is 5.13 Å². The molecule has 1 saturated heterocycles. The summed E-state index contributed by atoms with van der Waals surface area (Å²) in [5, 5.41) is 12.5. The van der Waals surface area contributed by atoms with Gasteiger partial charge in [0, 0.05) is 37.1 Å². The SMILES string of the molecule is COc1ccc2nc(N(Cc3cccnc3)C(=O)c3ccc(N4CCCCC4)c([N+](=O)[O-])c3)sc2c1. The maximum Gasteiger partial charge on any atom is 0.293 e. The number of pyridine rings is 1. The number of thiazole rings is 1. The van der Waals surface area contributed by atoms with Crippen molar-refractivity contribution in [3.63, 3.8) is 0 Å². The normalized spacial score (nSPS) is 13.5. The molecule has 36 heavy (non-hydrogen) atoms. The predicted octanol–water partition coefficient (Wildman–Crippen LogP) is 5.45. The quantitative estimate of drug-likeness (QED) is 0.244. The van der Waals surface area contributed by atoms with E-state index in [4.69, 9.17) is 4.74 Å². The smallest absolute Gasteiger partial charge is 0.293 e. The molecule has 1 aliphatic heterocycles. The number of amides is 1. The minimum Gasteiger partial charge on any atom is -0.497 e. The zero-order valence-corrected chi connectivity index (χ0v) is 20.6. The van der Waals surface area contributed by atoms with Gasteiger partial charge in [-0.1, -0.05) is 17.4 Å². The number of nitrogens with zero attached hydrogens (tertiary/aromatic N) is 5. The van der Waals surface area contributed by atoms with Gasteiger partial charge in [-0.3, -0.25) is 24.8 Å². The van der Waals surface area contributed by atoms with E-state index in [1.807, 2.05) is 29.2 Å². The molecule has 184 valence electrons. The molecule has 1 aliphatic rings. The molecule has 0 N–H and O–H groups in total. The number of fused-ring (bicyclic) bond motifs is 1. The molecule has 0 saturated carbocycles. The Bertz CT molecular complexity index is 1400. The molecular formula is C26H25N5O4S. The second-order valence-corrected chi connectivity index (χ2v) is 9.60. The number of hydrogen-bond acceptors (Lipinski definition) is 8. The number of aromatic nitrogens is 2. The molecule has 9 nitrogen and oxygen atoms in total.